The zero-order valence-corrected chi connectivity index (χ0v) is 25.6. The van der Waals surface area contributed by atoms with Gasteiger partial charge in [0.05, 0.1) is 33.0 Å². The van der Waals surface area contributed by atoms with Gasteiger partial charge in [-0.15, -0.1) is 12.4 Å². The van der Waals surface area contributed by atoms with Gasteiger partial charge in [0, 0.05) is 17.7 Å². The minimum atomic E-state index is -1.83. The van der Waals surface area contributed by atoms with Crippen molar-refractivity contribution in [2.45, 2.75) is 61.4 Å². The standard InChI is InChI=1S/C29H34O17.ClH/c1-40-15-3-10(4-16(41-2)20(15)33)27-17(44-29-26(39)24(37)22(35)19(9-31)46-29)7-12-13(42-27)5-11(32)6-14(12)43-28-25(38)23(36)21(34)18(8-30)45-28;/h3-7,18-19,21-26,28-31,33-39H,8-9H2,1-2H3;1H/t18-,19-,21-,22-,23+,24?,25-,26-,28-,29-;/m1./s1. The Morgan fingerprint density at radius 3 is 1.62 bits per heavy atom. The van der Waals surface area contributed by atoms with Crippen molar-refractivity contribution in [3.05, 3.63) is 40.6 Å². The summed E-state index contributed by atoms with van der Waals surface area (Å²) in [6.45, 7) is -1.47. The zero-order valence-electron chi connectivity index (χ0n) is 24.8. The van der Waals surface area contributed by atoms with E-state index in [1.54, 1.807) is 0 Å². The summed E-state index contributed by atoms with van der Waals surface area (Å²) in [5.74, 6) is -1.20. The van der Waals surface area contributed by atoms with Crippen LogP contribution in [0.1, 0.15) is 0 Å². The molecular weight excluding hydrogens is 656 g/mol. The molecule has 3 aliphatic heterocycles. The second kappa shape index (κ2) is 14.8. The highest BCUT2D eigenvalue weighted by Gasteiger charge is 2.46. The van der Waals surface area contributed by atoms with E-state index in [-0.39, 0.29) is 63.8 Å². The number of aliphatic hydroxyl groups excluding tert-OH is 8. The maximum absolute atomic E-state index is 12.7. The quantitative estimate of drug-likeness (QED) is 0.116. The first-order chi connectivity index (χ1) is 21.9. The van der Waals surface area contributed by atoms with Gasteiger partial charge >= 0.3 is 0 Å². The van der Waals surface area contributed by atoms with Crippen LogP contribution in [0.15, 0.2) is 39.5 Å². The summed E-state index contributed by atoms with van der Waals surface area (Å²) >= 11 is 0. The number of hydrogen-bond acceptors (Lipinski definition) is 17. The van der Waals surface area contributed by atoms with Crippen LogP contribution < -0.4 is 24.4 Å². The van der Waals surface area contributed by atoms with Gasteiger partial charge in [0.15, 0.2) is 28.4 Å². The first-order valence-corrected chi connectivity index (χ1v) is 13.9. The number of phenolic OH excluding ortho intramolecular Hbond substituents is 1. The molecule has 260 valence electrons. The molecule has 2 fully saturated rings. The number of rotatable bonds is 9. The van der Waals surface area contributed by atoms with E-state index in [1.165, 1.54) is 32.4 Å². The maximum atomic E-state index is 12.7. The Bertz CT molecular complexity index is 1520. The highest BCUT2D eigenvalue weighted by molar-refractivity contribution is 5.85. The van der Waals surface area contributed by atoms with Crippen LogP contribution in [-0.4, -0.2) is 135 Å². The molecule has 1 aromatic rings. The summed E-state index contributed by atoms with van der Waals surface area (Å²) < 4.78 is 39.2. The molecule has 18 heteroatoms. The number of aromatic hydroxyl groups is 1. The van der Waals surface area contributed by atoms with Crippen molar-refractivity contribution in [1.29, 1.82) is 0 Å². The van der Waals surface area contributed by atoms with Gasteiger partial charge in [-0.2, -0.15) is 0 Å². The van der Waals surface area contributed by atoms with Crippen LogP contribution in [0.5, 0.6) is 28.7 Å². The van der Waals surface area contributed by atoms with Crippen LogP contribution in [0.2, 0.25) is 0 Å². The van der Waals surface area contributed by atoms with Crippen molar-refractivity contribution in [1.82, 2.24) is 0 Å². The van der Waals surface area contributed by atoms with E-state index in [0.717, 1.165) is 12.1 Å². The van der Waals surface area contributed by atoms with Crippen molar-refractivity contribution in [3.8, 4) is 51.4 Å². The van der Waals surface area contributed by atoms with Gasteiger partial charge in [-0.05, 0) is 18.2 Å². The van der Waals surface area contributed by atoms with Crippen LogP contribution in [0, 0.1) is 0 Å². The first kappa shape index (κ1) is 36.4. The summed E-state index contributed by atoms with van der Waals surface area (Å²) in [5, 5.41) is 91.7. The average molecular weight is 691 g/mol. The second-order valence-corrected chi connectivity index (χ2v) is 10.6. The van der Waals surface area contributed by atoms with Gasteiger partial charge in [-0.3, -0.25) is 4.79 Å². The molecule has 1 aromatic carbocycles. The van der Waals surface area contributed by atoms with Crippen molar-refractivity contribution in [3.63, 3.8) is 0 Å². The largest absolute Gasteiger partial charge is 0.502 e. The SMILES string of the molecule is COc1cc(-c2oc3cc(=O)cc(O[C@@H]4O[C@H](CO)[C@@H](O)[C@H](O)[C@H]4O)c-3cc2O[C@@H]2O[C@H](CO)[C@@H](O)C(O)[C@H]2O)cc(OC)c1O.Cl. The van der Waals surface area contributed by atoms with Gasteiger partial charge in [0.25, 0.3) is 0 Å². The molecule has 4 aliphatic rings. The van der Waals surface area contributed by atoms with E-state index < -0.39 is 80.1 Å². The van der Waals surface area contributed by atoms with E-state index in [0.29, 0.717) is 0 Å². The lowest BCUT2D eigenvalue weighted by atomic mass is 9.99. The number of benzene rings is 2. The second-order valence-electron chi connectivity index (χ2n) is 10.6. The predicted molar refractivity (Wildman–Crippen MR) is 158 cm³/mol. The monoisotopic (exact) mass is 690 g/mol. The number of ether oxygens (including phenoxy) is 6. The third-order valence-corrected chi connectivity index (χ3v) is 7.71. The smallest absolute Gasteiger partial charge is 0.229 e. The summed E-state index contributed by atoms with van der Waals surface area (Å²) in [6.07, 6.45) is -16.6. The normalized spacial score (nSPS) is 30.8. The van der Waals surface area contributed by atoms with Crippen molar-refractivity contribution in [2.75, 3.05) is 27.4 Å². The van der Waals surface area contributed by atoms with Crippen molar-refractivity contribution < 1.29 is 78.8 Å². The molecule has 0 radical (unpaired) electrons. The first-order valence-electron chi connectivity index (χ1n) is 13.9. The Balaban J connectivity index is 0.00000500. The molecule has 2 saturated heterocycles. The van der Waals surface area contributed by atoms with E-state index in [2.05, 4.69) is 0 Å². The number of halogens is 1. The highest BCUT2D eigenvalue weighted by atomic mass is 35.5. The van der Waals surface area contributed by atoms with Crippen LogP contribution in [0.3, 0.4) is 0 Å². The number of hydrogen-bond donors (Lipinski definition) is 9. The van der Waals surface area contributed by atoms with Crippen LogP contribution in [0.4, 0.5) is 0 Å². The average Bonchev–Trinajstić information content (AvgIpc) is 3.05. The number of methoxy groups -OCH3 is 2. The van der Waals surface area contributed by atoms with Gasteiger partial charge in [0.1, 0.15) is 60.3 Å². The van der Waals surface area contributed by atoms with Crippen LogP contribution in [-0.2, 0) is 9.47 Å². The summed E-state index contributed by atoms with van der Waals surface area (Å²) in [5.41, 5.74) is -0.469. The molecule has 0 aromatic heterocycles. The zero-order chi connectivity index (χ0) is 33.4. The molecule has 3 heterocycles. The van der Waals surface area contributed by atoms with Gasteiger partial charge in [-0.1, -0.05) is 0 Å². The van der Waals surface area contributed by atoms with Crippen LogP contribution in [0.25, 0.3) is 22.6 Å². The summed E-state index contributed by atoms with van der Waals surface area (Å²) in [4.78, 5) is 12.7. The molecule has 0 bridgehead atoms. The van der Waals surface area contributed by atoms with E-state index >= 15 is 0 Å². The predicted octanol–water partition coefficient (Wildman–Crippen LogP) is -2.09. The van der Waals surface area contributed by atoms with Crippen molar-refractivity contribution >= 4 is 12.4 Å². The fourth-order valence-corrected chi connectivity index (χ4v) is 5.15. The molecule has 0 saturated carbocycles. The Morgan fingerprint density at radius 1 is 0.660 bits per heavy atom. The summed E-state index contributed by atoms with van der Waals surface area (Å²) in [7, 11) is 2.57. The molecule has 1 aliphatic carbocycles. The Hall–Kier alpha value is -3.46. The van der Waals surface area contributed by atoms with Gasteiger partial charge in [-0.25, -0.2) is 0 Å². The Kier molecular flexibility index (Phi) is 11.4. The van der Waals surface area contributed by atoms with Gasteiger partial charge < -0.3 is 78.8 Å². The highest BCUT2D eigenvalue weighted by Crippen LogP contribution is 2.46. The van der Waals surface area contributed by atoms with Crippen LogP contribution >= 0.6 is 12.4 Å². The molecule has 9 N–H and O–H groups in total. The number of aliphatic hydroxyl groups is 8. The molecule has 0 amide bonds. The molecule has 10 atom stereocenters. The minimum absolute atomic E-state index is 0. The fraction of sp³-hybridized carbons (Fsp3) is 0.483. The topological polar surface area (TPSA) is 268 Å². The lowest BCUT2D eigenvalue weighted by molar-refractivity contribution is -0.277. The molecule has 47 heavy (non-hydrogen) atoms. The molecular formula is C29H35ClO17. The van der Waals surface area contributed by atoms with E-state index in [1.807, 2.05) is 0 Å². The number of fused-ring (bicyclic) bond motifs is 1. The lowest BCUT2D eigenvalue weighted by Gasteiger charge is -2.40. The minimum Gasteiger partial charge on any atom is -0.502 e. The Labute approximate surface area is 272 Å². The van der Waals surface area contributed by atoms with E-state index in [4.69, 9.17) is 32.8 Å². The molecule has 5 rings (SSSR count). The third-order valence-electron chi connectivity index (χ3n) is 7.71. The third kappa shape index (κ3) is 6.92. The number of phenols is 1. The maximum Gasteiger partial charge on any atom is 0.229 e. The fourth-order valence-electron chi connectivity index (χ4n) is 5.15. The molecule has 1 unspecified atom stereocenters. The molecule has 0 spiro atoms. The molecule has 17 nitrogen and oxygen atoms in total. The van der Waals surface area contributed by atoms with E-state index in [9.17, 15) is 50.8 Å². The van der Waals surface area contributed by atoms with Gasteiger partial charge in [0.2, 0.25) is 18.3 Å². The lowest BCUT2D eigenvalue weighted by Crippen LogP contribution is -2.60. The Morgan fingerprint density at radius 2 is 1.15 bits per heavy atom. The summed E-state index contributed by atoms with van der Waals surface area (Å²) in [6, 6.07) is 6.05. The van der Waals surface area contributed by atoms with Crippen molar-refractivity contribution in [2.24, 2.45) is 0 Å².